The van der Waals surface area contributed by atoms with Crippen molar-refractivity contribution in [2.45, 2.75) is 47.0 Å². The fourth-order valence-electron chi connectivity index (χ4n) is 4.73. The monoisotopic (exact) mass is 398 g/mol. The second kappa shape index (κ2) is 7.19. The van der Waals surface area contributed by atoms with Crippen LogP contribution in [0.5, 0.6) is 0 Å². The highest BCUT2D eigenvalue weighted by molar-refractivity contribution is 6.83. The number of fused-ring (bicyclic) bond motifs is 1. The highest BCUT2D eigenvalue weighted by Gasteiger charge is 2.50. The summed E-state index contributed by atoms with van der Waals surface area (Å²) in [5.74, 6) is 1.22. The molecule has 3 nitrogen and oxygen atoms in total. The Bertz CT molecular complexity index is 1090. The van der Waals surface area contributed by atoms with Gasteiger partial charge in [0.25, 0.3) is 5.82 Å². The molecule has 0 spiro atoms. The van der Waals surface area contributed by atoms with Crippen molar-refractivity contribution in [3.8, 4) is 0 Å². The number of pyridine rings is 1. The maximum absolute atomic E-state index is 2.54. The summed E-state index contributed by atoms with van der Waals surface area (Å²) in [4.78, 5) is 4.97. The first-order valence-electron chi connectivity index (χ1n) is 10.8. The SMILES string of the molecule is Cc1cccc(C)c1B1N(C)c2cccc(C)c2N1c1cc(C(C)(C)C)cc[n+]1C. The molecule has 0 radical (unpaired) electrons. The normalized spacial score (nSPS) is 13.8. The average Bonchev–Trinajstić information content (AvgIpc) is 2.95. The summed E-state index contributed by atoms with van der Waals surface area (Å²) in [6.07, 6.45) is 2.20. The number of para-hydroxylation sites is 1. The summed E-state index contributed by atoms with van der Waals surface area (Å²) < 4.78 is 2.26. The number of rotatable bonds is 2. The Morgan fingerprint density at radius 1 is 0.867 bits per heavy atom. The first-order valence-corrected chi connectivity index (χ1v) is 10.8. The number of benzene rings is 2. The molecular formula is C26H33BN3+. The van der Waals surface area contributed by atoms with Gasteiger partial charge in [0.1, 0.15) is 5.69 Å². The number of anilines is 3. The first kappa shape index (κ1) is 20.5. The Morgan fingerprint density at radius 2 is 1.47 bits per heavy atom. The Hall–Kier alpha value is -2.75. The molecule has 4 heteroatoms. The summed E-state index contributed by atoms with van der Waals surface area (Å²) in [6, 6.07) is 17.9. The van der Waals surface area contributed by atoms with Crippen LogP contribution in [0.1, 0.15) is 43.0 Å². The lowest BCUT2D eigenvalue weighted by atomic mass is 9.62. The molecule has 0 atom stereocenters. The molecule has 1 aliphatic rings. The maximum Gasteiger partial charge on any atom is 0.538 e. The van der Waals surface area contributed by atoms with E-state index < -0.39 is 0 Å². The molecule has 0 saturated carbocycles. The largest absolute Gasteiger partial charge is 0.538 e. The molecule has 1 aliphatic heterocycles. The van der Waals surface area contributed by atoms with Crippen LogP contribution >= 0.6 is 0 Å². The Morgan fingerprint density at radius 3 is 2.10 bits per heavy atom. The zero-order valence-corrected chi connectivity index (χ0v) is 19.6. The van der Waals surface area contributed by atoms with Gasteiger partial charge in [0.2, 0.25) is 0 Å². The standard InChI is InChI=1S/C26H33BN3/c1-18-11-9-12-19(2)24(18)27-29(8)22-14-10-13-20(3)25(22)30(27)23-17-21(26(4,5)6)15-16-28(23)7/h9-17H,1-8H3/q+1. The van der Waals surface area contributed by atoms with Gasteiger partial charge in [-0.2, -0.15) is 0 Å². The summed E-state index contributed by atoms with van der Waals surface area (Å²) in [5.41, 5.74) is 9.37. The van der Waals surface area contributed by atoms with Gasteiger partial charge < -0.3 is 4.81 Å². The van der Waals surface area contributed by atoms with Crippen LogP contribution in [0.15, 0.2) is 54.7 Å². The molecule has 0 fully saturated rings. The minimum atomic E-state index is 0.0945. The average molecular weight is 398 g/mol. The van der Waals surface area contributed by atoms with E-state index in [4.69, 9.17) is 0 Å². The number of hydrogen-bond donors (Lipinski definition) is 0. The van der Waals surface area contributed by atoms with Crippen molar-refractivity contribution in [1.82, 2.24) is 0 Å². The number of hydrogen-bond acceptors (Lipinski definition) is 2. The van der Waals surface area contributed by atoms with E-state index in [1.54, 1.807) is 0 Å². The van der Waals surface area contributed by atoms with Crippen molar-refractivity contribution >= 4 is 29.6 Å². The van der Waals surface area contributed by atoms with Gasteiger partial charge in [0, 0.05) is 11.5 Å². The van der Waals surface area contributed by atoms with Gasteiger partial charge in [-0.15, -0.1) is 0 Å². The lowest BCUT2D eigenvalue weighted by Crippen LogP contribution is -2.57. The van der Waals surface area contributed by atoms with E-state index in [0.717, 1.165) is 0 Å². The molecule has 0 N–H and O–H groups in total. The number of aryl methyl sites for hydroxylation is 4. The molecule has 2 aromatic carbocycles. The Kier molecular flexibility index (Phi) is 4.92. The van der Waals surface area contributed by atoms with Crippen LogP contribution in [-0.4, -0.2) is 14.0 Å². The molecule has 4 rings (SSSR count). The van der Waals surface area contributed by atoms with Gasteiger partial charge >= 0.3 is 6.98 Å². The minimum absolute atomic E-state index is 0.0945. The molecule has 2 heterocycles. The van der Waals surface area contributed by atoms with Crippen molar-refractivity contribution in [2.24, 2.45) is 7.05 Å². The predicted octanol–water partition coefficient (Wildman–Crippen LogP) is 4.72. The second-order valence-corrected chi connectivity index (χ2v) is 9.74. The van der Waals surface area contributed by atoms with Crippen LogP contribution in [0, 0.1) is 20.8 Å². The molecular weight excluding hydrogens is 365 g/mol. The van der Waals surface area contributed by atoms with Gasteiger partial charge in [0.05, 0.1) is 18.9 Å². The fourth-order valence-corrected chi connectivity index (χ4v) is 4.73. The second-order valence-electron chi connectivity index (χ2n) is 9.74. The van der Waals surface area contributed by atoms with Crippen LogP contribution in [0.3, 0.4) is 0 Å². The first-order chi connectivity index (χ1) is 14.1. The van der Waals surface area contributed by atoms with E-state index in [-0.39, 0.29) is 12.4 Å². The van der Waals surface area contributed by atoms with Gasteiger partial charge in [-0.1, -0.05) is 51.1 Å². The summed E-state index contributed by atoms with van der Waals surface area (Å²) in [5, 5.41) is 0. The van der Waals surface area contributed by atoms with Crippen molar-refractivity contribution in [1.29, 1.82) is 0 Å². The number of nitrogens with zero attached hydrogens (tertiary/aromatic N) is 3. The molecule has 0 amide bonds. The highest BCUT2D eigenvalue weighted by atomic mass is 15.3. The van der Waals surface area contributed by atoms with E-state index in [0.29, 0.717) is 0 Å². The third kappa shape index (κ3) is 3.19. The van der Waals surface area contributed by atoms with Crippen molar-refractivity contribution in [2.75, 3.05) is 16.7 Å². The minimum Gasteiger partial charge on any atom is -0.369 e. The van der Waals surface area contributed by atoms with Crippen LogP contribution in [-0.2, 0) is 12.5 Å². The predicted molar refractivity (Wildman–Crippen MR) is 129 cm³/mol. The third-order valence-corrected chi connectivity index (χ3v) is 6.49. The Balaban J connectivity index is 2.02. The molecule has 0 saturated heterocycles. The molecule has 154 valence electrons. The van der Waals surface area contributed by atoms with Gasteiger partial charge in [-0.05, 0) is 67.6 Å². The van der Waals surface area contributed by atoms with Crippen LogP contribution in [0.25, 0.3) is 0 Å². The van der Waals surface area contributed by atoms with Crippen LogP contribution < -0.4 is 19.7 Å². The molecule has 1 aromatic heterocycles. The smallest absolute Gasteiger partial charge is 0.369 e. The lowest BCUT2D eigenvalue weighted by molar-refractivity contribution is -0.658. The molecule has 0 bridgehead atoms. The van der Waals surface area contributed by atoms with E-state index in [1.165, 1.54) is 44.9 Å². The lowest BCUT2D eigenvalue weighted by Gasteiger charge is -2.26. The van der Waals surface area contributed by atoms with Gasteiger partial charge in [-0.3, -0.25) is 4.81 Å². The maximum atomic E-state index is 2.54. The highest BCUT2D eigenvalue weighted by Crippen LogP contribution is 2.43. The zero-order valence-electron chi connectivity index (χ0n) is 19.6. The molecule has 3 aromatic rings. The van der Waals surface area contributed by atoms with E-state index >= 15 is 0 Å². The van der Waals surface area contributed by atoms with Crippen LogP contribution in [0.4, 0.5) is 17.2 Å². The molecule has 0 unspecified atom stereocenters. The summed E-state index contributed by atoms with van der Waals surface area (Å²) in [6.45, 7) is 13.6. The van der Waals surface area contributed by atoms with E-state index in [9.17, 15) is 0 Å². The van der Waals surface area contributed by atoms with Gasteiger partial charge in [0.15, 0.2) is 0 Å². The van der Waals surface area contributed by atoms with Gasteiger partial charge in [-0.25, -0.2) is 4.57 Å². The Labute approximate surface area is 182 Å². The van der Waals surface area contributed by atoms with Crippen molar-refractivity contribution < 1.29 is 4.57 Å². The summed E-state index contributed by atoms with van der Waals surface area (Å²) in [7, 11) is 4.38. The van der Waals surface area contributed by atoms with Crippen LogP contribution in [0.2, 0.25) is 0 Å². The summed E-state index contributed by atoms with van der Waals surface area (Å²) >= 11 is 0. The molecule has 30 heavy (non-hydrogen) atoms. The number of aromatic nitrogens is 1. The van der Waals surface area contributed by atoms with E-state index in [1.807, 2.05) is 0 Å². The topological polar surface area (TPSA) is 10.4 Å². The quantitative estimate of drug-likeness (QED) is 0.457. The van der Waals surface area contributed by atoms with E-state index in [2.05, 4.69) is 125 Å². The van der Waals surface area contributed by atoms with Crippen molar-refractivity contribution in [3.05, 3.63) is 77.0 Å². The van der Waals surface area contributed by atoms with Crippen molar-refractivity contribution in [3.63, 3.8) is 0 Å². The zero-order chi connectivity index (χ0) is 21.8. The fraction of sp³-hybridized carbons (Fsp3) is 0.346. The third-order valence-electron chi connectivity index (χ3n) is 6.49. The molecule has 0 aliphatic carbocycles.